The van der Waals surface area contributed by atoms with E-state index in [9.17, 15) is 9.59 Å². The highest BCUT2D eigenvalue weighted by atomic mass is 35.5. The van der Waals surface area contributed by atoms with Crippen LogP contribution in [0.4, 0.5) is 11.4 Å². The van der Waals surface area contributed by atoms with Crippen molar-refractivity contribution in [2.75, 3.05) is 36.4 Å². The molecule has 1 aromatic rings. The Kier molecular flexibility index (Phi) is 9.36. The molecule has 2 amide bonds. The molecule has 2 aliphatic rings. The molecule has 8 heteroatoms. The number of carbonyl (C=O) groups is 2. The van der Waals surface area contributed by atoms with Crippen molar-refractivity contribution in [3.8, 4) is 0 Å². The molecule has 1 aromatic carbocycles. The maximum absolute atomic E-state index is 12.4. The van der Waals surface area contributed by atoms with Crippen LogP contribution in [0.2, 0.25) is 0 Å². The predicted molar refractivity (Wildman–Crippen MR) is 114 cm³/mol. The van der Waals surface area contributed by atoms with Crippen LogP contribution in [0.3, 0.4) is 0 Å². The second-order valence-electron chi connectivity index (χ2n) is 7.17. The highest BCUT2D eigenvalue weighted by Gasteiger charge is 2.30. The molecule has 152 valence electrons. The van der Waals surface area contributed by atoms with E-state index < -0.39 is 6.04 Å². The molecule has 2 aliphatic heterocycles. The summed E-state index contributed by atoms with van der Waals surface area (Å²) < 4.78 is 0. The van der Waals surface area contributed by atoms with E-state index in [2.05, 4.69) is 26.9 Å². The van der Waals surface area contributed by atoms with Crippen LogP contribution in [0, 0.1) is 11.8 Å². The Labute approximate surface area is 173 Å². The van der Waals surface area contributed by atoms with Gasteiger partial charge in [-0.2, -0.15) is 0 Å². The van der Waals surface area contributed by atoms with E-state index in [1.54, 1.807) is 6.92 Å². The van der Waals surface area contributed by atoms with Crippen LogP contribution in [-0.4, -0.2) is 44.0 Å². The standard InChI is InChI=1S/C19H28N4O2.2ClH/c1-13(15-11-20-12-15)18(24)21-14(2)19(25)22-16-6-5-7-17(10-16)23-8-3-4-9-23;;/h5-7,10,13-15,20H,3-4,8-9,11-12H2,1-2H3,(H,21,24)(H,22,25);2*1H. The number of hydrogen-bond donors (Lipinski definition) is 3. The van der Waals surface area contributed by atoms with Gasteiger partial charge in [-0.05, 0) is 57.0 Å². The first kappa shape index (κ1) is 23.5. The number of nitrogens with one attached hydrogen (secondary N) is 3. The molecule has 2 heterocycles. The van der Waals surface area contributed by atoms with E-state index >= 15 is 0 Å². The van der Waals surface area contributed by atoms with E-state index in [1.165, 1.54) is 12.8 Å². The lowest BCUT2D eigenvalue weighted by Crippen LogP contribution is -2.52. The fourth-order valence-electron chi connectivity index (χ4n) is 3.30. The third-order valence-electron chi connectivity index (χ3n) is 5.27. The minimum absolute atomic E-state index is 0. The van der Waals surface area contributed by atoms with Crippen molar-refractivity contribution < 1.29 is 9.59 Å². The van der Waals surface area contributed by atoms with Crippen molar-refractivity contribution in [2.45, 2.75) is 32.7 Å². The summed E-state index contributed by atoms with van der Waals surface area (Å²) in [7, 11) is 0. The van der Waals surface area contributed by atoms with Crippen LogP contribution in [0.1, 0.15) is 26.7 Å². The molecule has 3 rings (SSSR count). The van der Waals surface area contributed by atoms with E-state index in [1.807, 2.05) is 25.1 Å². The van der Waals surface area contributed by atoms with Crippen molar-refractivity contribution in [1.82, 2.24) is 10.6 Å². The molecule has 0 spiro atoms. The van der Waals surface area contributed by atoms with Gasteiger partial charge in [0, 0.05) is 30.4 Å². The Morgan fingerprint density at radius 3 is 2.37 bits per heavy atom. The zero-order valence-corrected chi connectivity index (χ0v) is 17.5. The SMILES string of the molecule is CC(NC(=O)C(C)C1CNC1)C(=O)Nc1cccc(N2CCCC2)c1.Cl.Cl. The van der Waals surface area contributed by atoms with Crippen LogP contribution in [0.5, 0.6) is 0 Å². The number of carbonyl (C=O) groups excluding carboxylic acids is 2. The van der Waals surface area contributed by atoms with Gasteiger partial charge in [0.05, 0.1) is 0 Å². The Bertz CT molecular complexity index is 634. The zero-order chi connectivity index (χ0) is 17.8. The van der Waals surface area contributed by atoms with Gasteiger partial charge in [-0.3, -0.25) is 9.59 Å². The molecule has 0 bridgehead atoms. The Morgan fingerprint density at radius 2 is 1.78 bits per heavy atom. The highest BCUT2D eigenvalue weighted by Crippen LogP contribution is 2.23. The van der Waals surface area contributed by atoms with Crippen molar-refractivity contribution in [2.24, 2.45) is 11.8 Å². The maximum Gasteiger partial charge on any atom is 0.246 e. The highest BCUT2D eigenvalue weighted by molar-refractivity contribution is 5.97. The summed E-state index contributed by atoms with van der Waals surface area (Å²) in [5.41, 5.74) is 1.91. The number of nitrogens with zero attached hydrogens (tertiary/aromatic N) is 1. The van der Waals surface area contributed by atoms with Crippen LogP contribution in [0.25, 0.3) is 0 Å². The lowest BCUT2D eigenvalue weighted by molar-refractivity contribution is -0.130. The number of anilines is 2. The fourth-order valence-corrected chi connectivity index (χ4v) is 3.30. The van der Waals surface area contributed by atoms with Gasteiger partial charge in [-0.1, -0.05) is 13.0 Å². The molecular formula is C19H30Cl2N4O2. The lowest BCUT2D eigenvalue weighted by Gasteiger charge is -2.32. The Morgan fingerprint density at radius 1 is 1.11 bits per heavy atom. The smallest absolute Gasteiger partial charge is 0.246 e. The van der Waals surface area contributed by atoms with Crippen LogP contribution in [-0.2, 0) is 9.59 Å². The third kappa shape index (κ3) is 5.99. The molecule has 0 radical (unpaired) electrons. The van der Waals surface area contributed by atoms with Crippen molar-refractivity contribution in [3.05, 3.63) is 24.3 Å². The quantitative estimate of drug-likeness (QED) is 0.665. The van der Waals surface area contributed by atoms with Crippen molar-refractivity contribution in [3.63, 3.8) is 0 Å². The summed E-state index contributed by atoms with van der Waals surface area (Å²) in [4.78, 5) is 27.0. The van der Waals surface area contributed by atoms with Crippen LogP contribution in [0.15, 0.2) is 24.3 Å². The summed E-state index contributed by atoms with van der Waals surface area (Å²) >= 11 is 0. The summed E-state index contributed by atoms with van der Waals surface area (Å²) in [5, 5.41) is 8.91. The number of hydrogen-bond acceptors (Lipinski definition) is 4. The van der Waals surface area contributed by atoms with Gasteiger partial charge in [-0.25, -0.2) is 0 Å². The molecular weight excluding hydrogens is 387 g/mol. The molecule has 3 N–H and O–H groups in total. The molecule has 2 fully saturated rings. The first-order chi connectivity index (χ1) is 12.0. The van der Waals surface area contributed by atoms with Gasteiger partial charge in [0.25, 0.3) is 0 Å². The van der Waals surface area contributed by atoms with E-state index in [4.69, 9.17) is 0 Å². The number of rotatable bonds is 6. The number of amides is 2. The van der Waals surface area contributed by atoms with Gasteiger partial charge in [0.15, 0.2) is 0 Å². The van der Waals surface area contributed by atoms with Gasteiger partial charge in [0.2, 0.25) is 11.8 Å². The summed E-state index contributed by atoms with van der Waals surface area (Å²) in [6, 6.07) is 7.35. The average molecular weight is 417 g/mol. The molecule has 6 nitrogen and oxygen atoms in total. The summed E-state index contributed by atoms with van der Waals surface area (Å²) in [6.45, 7) is 7.53. The minimum Gasteiger partial charge on any atom is -0.371 e. The fraction of sp³-hybridized carbons (Fsp3) is 0.579. The second-order valence-corrected chi connectivity index (χ2v) is 7.17. The summed E-state index contributed by atoms with van der Waals surface area (Å²) in [5.74, 6) is 0.0493. The van der Waals surface area contributed by atoms with E-state index in [0.29, 0.717) is 5.92 Å². The first-order valence-electron chi connectivity index (χ1n) is 9.21. The van der Waals surface area contributed by atoms with Crippen molar-refractivity contribution in [1.29, 1.82) is 0 Å². The normalized spacial score (nSPS) is 18.4. The topological polar surface area (TPSA) is 73.5 Å². The second kappa shape index (κ2) is 10.7. The molecule has 2 saturated heterocycles. The number of halogens is 2. The molecule has 2 atom stereocenters. The van der Waals surface area contributed by atoms with Crippen molar-refractivity contribution >= 4 is 48.0 Å². The summed E-state index contributed by atoms with van der Waals surface area (Å²) in [6.07, 6.45) is 2.43. The van der Waals surface area contributed by atoms with Crippen LogP contribution >= 0.6 is 24.8 Å². The molecule has 0 aromatic heterocycles. The largest absolute Gasteiger partial charge is 0.371 e. The van der Waals surface area contributed by atoms with Gasteiger partial charge in [-0.15, -0.1) is 24.8 Å². The molecule has 27 heavy (non-hydrogen) atoms. The number of benzene rings is 1. The third-order valence-corrected chi connectivity index (χ3v) is 5.27. The minimum atomic E-state index is -0.557. The Balaban J connectivity index is 0.00000182. The average Bonchev–Trinajstić information content (AvgIpc) is 3.07. The molecule has 0 aliphatic carbocycles. The van der Waals surface area contributed by atoms with Gasteiger partial charge >= 0.3 is 0 Å². The zero-order valence-electron chi connectivity index (χ0n) is 15.9. The monoisotopic (exact) mass is 416 g/mol. The maximum atomic E-state index is 12.4. The van der Waals surface area contributed by atoms with Crippen LogP contribution < -0.4 is 20.9 Å². The van der Waals surface area contributed by atoms with E-state index in [-0.39, 0.29) is 42.5 Å². The van der Waals surface area contributed by atoms with E-state index in [0.717, 1.165) is 37.6 Å². The van der Waals surface area contributed by atoms with Gasteiger partial charge in [0.1, 0.15) is 6.04 Å². The first-order valence-corrected chi connectivity index (χ1v) is 9.21. The molecule has 2 unspecified atom stereocenters. The predicted octanol–water partition coefficient (Wildman–Crippen LogP) is 2.43. The molecule has 0 saturated carbocycles. The Hall–Kier alpha value is -1.50. The lowest BCUT2D eigenvalue weighted by atomic mass is 9.88. The van der Waals surface area contributed by atoms with Gasteiger partial charge < -0.3 is 20.9 Å².